The van der Waals surface area contributed by atoms with Crippen LogP contribution in [0.5, 0.6) is 0 Å². The van der Waals surface area contributed by atoms with E-state index in [-0.39, 0.29) is 5.41 Å². The molecular weight excluding hydrogens is 310 g/mol. The van der Waals surface area contributed by atoms with Crippen LogP contribution in [0, 0.1) is 0 Å². The fraction of sp³-hybridized carbons (Fsp3) is 0.471. The van der Waals surface area contributed by atoms with Gasteiger partial charge in [-0.15, -0.1) is 11.3 Å². The topological polar surface area (TPSA) is 36.4 Å². The zero-order valence-electron chi connectivity index (χ0n) is 13.7. The summed E-state index contributed by atoms with van der Waals surface area (Å²) in [6, 6.07) is 6.49. The van der Waals surface area contributed by atoms with Gasteiger partial charge in [0.25, 0.3) is 0 Å². The van der Waals surface area contributed by atoms with Crippen molar-refractivity contribution in [3.63, 3.8) is 0 Å². The molecule has 0 saturated carbocycles. The van der Waals surface area contributed by atoms with Crippen LogP contribution in [0.1, 0.15) is 37.1 Å². The van der Waals surface area contributed by atoms with E-state index in [1.807, 2.05) is 7.05 Å². The highest BCUT2D eigenvalue weighted by molar-refractivity contribution is 7.10. The molecular formula is C17H25N3S2. The quantitative estimate of drug-likeness (QED) is 0.617. The van der Waals surface area contributed by atoms with Crippen molar-refractivity contribution in [3.8, 4) is 0 Å². The molecule has 0 aromatic carbocycles. The summed E-state index contributed by atoms with van der Waals surface area (Å²) >= 11 is 3.55. The van der Waals surface area contributed by atoms with Gasteiger partial charge in [-0.25, -0.2) is 0 Å². The fourth-order valence-corrected chi connectivity index (χ4v) is 3.83. The van der Waals surface area contributed by atoms with Gasteiger partial charge in [0.1, 0.15) is 0 Å². The number of guanidine groups is 1. The zero-order valence-corrected chi connectivity index (χ0v) is 15.4. The van der Waals surface area contributed by atoms with Crippen LogP contribution in [0.15, 0.2) is 39.3 Å². The molecule has 2 heterocycles. The largest absolute Gasteiger partial charge is 0.356 e. The normalized spacial score (nSPS) is 13.9. The lowest BCUT2D eigenvalue weighted by Crippen LogP contribution is -2.44. The zero-order chi connectivity index (χ0) is 16.0. The Hall–Kier alpha value is -1.33. The van der Waals surface area contributed by atoms with E-state index < -0.39 is 0 Å². The van der Waals surface area contributed by atoms with Crippen LogP contribution >= 0.6 is 22.7 Å². The average Bonchev–Trinajstić information content (AvgIpc) is 3.20. The maximum Gasteiger partial charge on any atom is 0.191 e. The number of aliphatic imine (C=N–C) groups is 1. The van der Waals surface area contributed by atoms with Crippen molar-refractivity contribution in [1.82, 2.24) is 10.6 Å². The lowest BCUT2D eigenvalue weighted by molar-refractivity contribution is 0.517. The van der Waals surface area contributed by atoms with Gasteiger partial charge in [-0.2, -0.15) is 11.3 Å². The molecule has 0 fully saturated rings. The van der Waals surface area contributed by atoms with E-state index in [1.54, 1.807) is 22.7 Å². The van der Waals surface area contributed by atoms with Gasteiger partial charge in [-0.05, 0) is 39.8 Å². The smallest absolute Gasteiger partial charge is 0.191 e. The summed E-state index contributed by atoms with van der Waals surface area (Å²) < 4.78 is 0. The van der Waals surface area contributed by atoms with E-state index in [9.17, 15) is 0 Å². The minimum Gasteiger partial charge on any atom is -0.356 e. The van der Waals surface area contributed by atoms with Gasteiger partial charge in [0, 0.05) is 30.4 Å². The molecule has 2 rings (SSSR count). The van der Waals surface area contributed by atoms with Gasteiger partial charge in [-0.1, -0.05) is 26.8 Å². The highest BCUT2D eigenvalue weighted by Gasteiger charge is 2.22. The first-order valence-corrected chi connectivity index (χ1v) is 9.36. The number of hydrogen-bond donors (Lipinski definition) is 2. The molecule has 0 radical (unpaired) electrons. The molecule has 2 aromatic rings. The molecule has 2 aromatic heterocycles. The van der Waals surface area contributed by atoms with E-state index >= 15 is 0 Å². The predicted octanol–water partition coefficient (Wildman–Crippen LogP) is 4.06. The molecule has 0 spiro atoms. The van der Waals surface area contributed by atoms with Crippen molar-refractivity contribution in [2.24, 2.45) is 4.99 Å². The molecule has 0 bridgehead atoms. The third-order valence-electron chi connectivity index (χ3n) is 3.80. The Bertz CT molecular complexity index is 571. The average molecular weight is 336 g/mol. The Labute approximate surface area is 141 Å². The Morgan fingerprint density at radius 2 is 2.09 bits per heavy atom. The summed E-state index contributed by atoms with van der Waals surface area (Å²) in [5, 5.41) is 13.3. The van der Waals surface area contributed by atoms with Crippen LogP contribution in [-0.4, -0.2) is 26.1 Å². The third-order valence-corrected chi connectivity index (χ3v) is 5.73. The number of hydrogen-bond acceptors (Lipinski definition) is 3. The van der Waals surface area contributed by atoms with Crippen molar-refractivity contribution in [3.05, 3.63) is 44.8 Å². The van der Waals surface area contributed by atoms with Crippen molar-refractivity contribution < 1.29 is 0 Å². The molecule has 0 saturated heterocycles. The Morgan fingerprint density at radius 3 is 2.68 bits per heavy atom. The maximum atomic E-state index is 4.33. The molecule has 5 heteroatoms. The molecule has 0 amide bonds. The monoisotopic (exact) mass is 335 g/mol. The second-order valence-electron chi connectivity index (χ2n) is 6.13. The van der Waals surface area contributed by atoms with Crippen LogP contribution in [0.3, 0.4) is 0 Å². The van der Waals surface area contributed by atoms with E-state index in [0.717, 1.165) is 19.0 Å². The van der Waals surface area contributed by atoms with Gasteiger partial charge >= 0.3 is 0 Å². The lowest BCUT2D eigenvalue weighted by atomic mass is 9.91. The summed E-state index contributed by atoms with van der Waals surface area (Å²) in [6.07, 6.45) is 0. The Balaban J connectivity index is 1.83. The molecule has 2 N–H and O–H groups in total. The molecule has 0 aliphatic heterocycles. The summed E-state index contributed by atoms with van der Waals surface area (Å²) in [6.45, 7) is 8.49. The highest BCUT2D eigenvalue weighted by Crippen LogP contribution is 2.26. The molecule has 3 nitrogen and oxygen atoms in total. The molecule has 1 atom stereocenters. The van der Waals surface area contributed by atoms with E-state index in [2.05, 4.69) is 70.7 Å². The molecule has 120 valence electrons. The van der Waals surface area contributed by atoms with E-state index in [1.165, 1.54) is 10.4 Å². The standard InChI is InChI=1S/C17H25N3S2/c1-13(14-7-9-21-11-14)10-19-16(18-4)20-12-17(2,3)15-6-5-8-22-15/h5-9,11,13H,10,12H2,1-4H3,(H2,18,19,20). The minimum atomic E-state index is 0.102. The van der Waals surface area contributed by atoms with Gasteiger partial charge in [-0.3, -0.25) is 4.99 Å². The molecule has 1 unspecified atom stereocenters. The van der Waals surface area contributed by atoms with Crippen molar-refractivity contribution in [1.29, 1.82) is 0 Å². The third kappa shape index (κ3) is 4.58. The summed E-state index contributed by atoms with van der Waals surface area (Å²) in [4.78, 5) is 5.72. The van der Waals surface area contributed by atoms with Crippen LogP contribution < -0.4 is 10.6 Å². The van der Waals surface area contributed by atoms with Gasteiger partial charge in [0.05, 0.1) is 0 Å². The highest BCUT2D eigenvalue weighted by atomic mass is 32.1. The van der Waals surface area contributed by atoms with Crippen molar-refractivity contribution in [2.75, 3.05) is 20.1 Å². The first-order valence-electron chi connectivity index (χ1n) is 7.53. The van der Waals surface area contributed by atoms with Gasteiger partial charge in [0.2, 0.25) is 0 Å². The van der Waals surface area contributed by atoms with Crippen molar-refractivity contribution in [2.45, 2.75) is 32.1 Å². The lowest BCUT2D eigenvalue weighted by Gasteiger charge is -2.25. The fourth-order valence-electron chi connectivity index (χ4n) is 2.20. The number of thiophene rings is 2. The Kier molecular flexibility index (Phi) is 6.03. The van der Waals surface area contributed by atoms with Crippen LogP contribution in [0.2, 0.25) is 0 Å². The SMILES string of the molecule is CN=C(NCC(C)c1ccsc1)NCC(C)(C)c1cccs1. The number of nitrogens with one attached hydrogen (secondary N) is 2. The Morgan fingerprint density at radius 1 is 1.27 bits per heavy atom. The van der Waals surface area contributed by atoms with Gasteiger partial charge in [0.15, 0.2) is 5.96 Å². The summed E-state index contributed by atoms with van der Waals surface area (Å²) in [5.74, 6) is 1.35. The van der Waals surface area contributed by atoms with Crippen molar-refractivity contribution >= 4 is 28.6 Å². The van der Waals surface area contributed by atoms with E-state index in [4.69, 9.17) is 0 Å². The first-order chi connectivity index (χ1) is 10.5. The maximum absolute atomic E-state index is 4.33. The summed E-state index contributed by atoms with van der Waals surface area (Å²) in [5.41, 5.74) is 1.48. The second kappa shape index (κ2) is 7.79. The van der Waals surface area contributed by atoms with Crippen LogP contribution in [0.25, 0.3) is 0 Å². The predicted molar refractivity (Wildman–Crippen MR) is 99.4 cm³/mol. The second-order valence-corrected chi connectivity index (χ2v) is 7.85. The number of nitrogens with zero attached hydrogens (tertiary/aromatic N) is 1. The molecule has 0 aliphatic carbocycles. The van der Waals surface area contributed by atoms with E-state index in [0.29, 0.717) is 5.92 Å². The summed E-state index contributed by atoms with van der Waals surface area (Å²) in [7, 11) is 1.82. The van der Waals surface area contributed by atoms with Gasteiger partial charge < -0.3 is 10.6 Å². The van der Waals surface area contributed by atoms with Crippen LogP contribution in [-0.2, 0) is 5.41 Å². The van der Waals surface area contributed by atoms with Crippen LogP contribution in [0.4, 0.5) is 0 Å². The molecule has 22 heavy (non-hydrogen) atoms. The first kappa shape index (κ1) is 17.0. The number of rotatable bonds is 6. The molecule has 0 aliphatic rings. The minimum absolute atomic E-state index is 0.102.